The number of ether oxygens (including phenoxy) is 1. The predicted molar refractivity (Wildman–Crippen MR) is 86.6 cm³/mol. The first kappa shape index (κ1) is 16.5. The lowest BCUT2D eigenvalue weighted by atomic mass is 9.90. The van der Waals surface area contributed by atoms with E-state index in [4.69, 9.17) is 10.5 Å². The first-order chi connectivity index (χ1) is 11.5. The summed E-state index contributed by atoms with van der Waals surface area (Å²) in [5.74, 6) is 0.0173. The molecule has 1 saturated heterocycles. The minimum Gasteiger partial charge on any atom is -0.394 e. The van der Waals surface area contributed by atoms with Gasteiger partial charge in [-0.25, -0.2) is 9.97 Å². The Morgan fingerprint density at radius 1 is 1.42 bits per heavy atom. The van der Waals surface area contributed by atoms with Crippen LogP contribution in [0.15, 0.2) is 25.6 Å². The van der Waals surface area contributed by atoms with Crippen molar-refractivity contribution in [3.8, 4) is 0 Å². The third-order valence-electron chi connectivity index (χ3n) is 4.16. The average Bonchev–Trinajstić information content (AvgIpc) is 3.07. The molecule has 1 aliphatic rings. The van der Waals surface area contributed by atoms with Crippen molar-refractivity contribution in [2.24, 2.45) is 0 Å². The van der Waals surface area contributed by atoms with Gasteiger partial charge in [-0.05, 0) is 6.08 Å². The molecule has 2 aromatic heterocycles. The molecule has 3 heterocycles. The first-order valence-electron chi connectivity index (χ1n) is 7.36. The SMILES string of the molecule is C=CC[C@@]1(O)C(O)C(CO)OC1n1cnc2c(C=C)nc(N)nc21. The molecule has 5 N–H and O–H groups in total. The largest absolute Gasteiger partial charge is 0.394 e. The van der Waals surface area contributed by atoms with E-state index >= 15 is 0 Å². The predicted octanol–water partition coefficient (Wildman–Crippen LogP) is -0.391. The van der Waals surface area contributed by atoms with Crippen LogP contribution in [0.3, 0.4) is 0 Å². The zero-order chi connectivity index (χ0) is 17.5. The molecular formula is C15H19N5O4. The van der Waals surface area contributed by atoms with E-state index in [0.29, 0.717) is 16.9 Å². The van der Waals surface area contributed by atoms with Gasteiger partial charge in [-0.2, -0.15) is 4.98 Å². The molecule has 9 heteroatoms. The number of aliphatic hydroxyl groups is 3. The number of aromatic nitrogens is 4. The Morgan fingerprint density at radius 2 is 2.17 bits per heavy atom. The highest BCUT2D eigenvalue weighted by molar-refractivity contribution is 5.80. The summed E-state index contributed by atoms with van der Waals surface area (Å²) in [6.07, 6.45) is 1.14. The fourth-order valence-electron chi connectivity index (χ4n) is 3.00. The number of imidazole rings is 1. The Hall–Kier alpha value is -2.33. The third kappa shape index (κ3) is 2.29. The maximum absolute atomic E-state index is 10.9. The Bertz CT molecular complexity index is 792. The molecule has 0 aliphatic carbocycles. The summed E-state index contributed by atoms with van der Waals surface area (Å²) in [5.41, 5.74) is 5.23. The Labute approximate surface area is 137 Å². The molecule has 0 amide bonds. The van der Waals surface area contributed by atoms with Gasteiger partial charge >= 0.3 is 0 Å². The van der Waals surface area contributed by atoms with Crippen LogP contribution in [0.4, 0.5) is 5.95 Å². The van der Waals surface area contributed by atoms with Gasteiger partial charge in [0.25, 0.3) is 0 Å². The topological polar surface area (TPSA) is 140 Å². The smallest absolute Gasteiger partial charge is 0.222 e. The average molecular weight is 333 g/mol. The molecule has 3 rings (SSSR count). The van der Waals surface area contributed by atoms with E-state index in [-0.39, 0.29) is 12.4 Å². The summed E-state index contributed by atoms with van der Waals surface area (Å²) >= 11 is 0. The molecule has 0 radical (unpaired) electrons. The number of fused-ring (bicyclic) bond motifs is 1. The van der Waals surface area contributed by atoms with Crippen LogP contribution in [0.5, 0.6) is 0 Å². The maximum atomic E-state index is 10.9. The van der Waals surface area contributed by atoms with E-state index in [1.165, 1.54) is 23.0 Å². The summed E-state index contributed by atoms with van der Waals surface area (Å²) in [5, 5.41) is 30.7. The number of aliphatic hydroxyl groups excluding tert-OH is 2. The minimum absolute atomic E-state index is 0.0173. The van der Waals surface area contributed by atoms with Crippen molar-refractivity contribution in [2.75, 3.05) is 12.3 Å². The second kappa shape index (κ2) is 5.95. The molecule has 128 valence electrons. The standard InChI is InChI=1S/C15H19N5O4/c1-3-5-15(23)11(22)9(6-21)24-13(15)20-7-17-10-8(4-2)18-14(16)19-12(10)20/h3-4,7,9,11,13,21-23H,1-2,5-6H2,(H2,16,18,19)/t9?,11?,13?,15-/m1/s1. The van der Waals surface area contributed by atoms with Crippen LogP contribution in [0.2, 0.25) is 0 Å². The van der Waals surface area contributed by atoms with Crippen LogP contribution < -0.4 is 5.73 Å². The number of hydrogen-bond acceptors (Lipinski definition) is 8. The second-order valence-corrected chi connectivity index (χ2v) is 5.63. The van der Waals surface area contributed by atoms with Gasteiger partial charge in [0.15, 0.2) is 11.9 Å². The van der Waals surface area contributed by atoms with Gasteiger partial charge in [-0.15, -0.1) is 6.58 Å². The van der Waals surface area contributed by atoms with Crippen molar-refractivity contribution < 1.29 is 20.1 Å². The van der Waals surface area contributed by atoms with Crippen molar-refractivity contribution in [3.05, 3.63) is 31.3 Å². The highest BCUT2D eigenvalue weighted by Gasteiger charge is 2.55. The minimum atomic E-state index is -1.70. The quantitative estimate of drug-likeness (QED) is 0.542. The van der Waals surface area contributed by atoms with E-state index in [1.54, 1.807) is 0 Å². The van der Waals surface area contributed by atoms with Gasteiger partial charge in [-0.1, -0.05) is 12.7 Å². The normalized spacial score (nSPS) is 29.9. The fourth-order valence-corrected chi connectivity index (χ4v) is 3.00. The summed E-state index contributed by atoms with van der Waals surface area (Å²) in [4.78, 5) is 12.4. The number of nitrogens with zero attached hydrogens (tertiary/aromatic N) is 4. The van der Waals surface area contributed by atoms with Crippen molar-refractivity contribution >= 4 is 23.2 Å². The number of nitrogens with two attached hydrogens (primary N) is 1. The van der Waals surface area contributed by atoms with Crippen molar-refractivity contribution in [1.29, 1.82) is 0 Å². The van der Waals surface area contributed by atoms with E-state index in [0.717, 1.165) is 0 Å². The molecule has 0 saturated carbocycles. The van der Waals surface area contributed by atoms with Gasteiger partial charge in [0, 0.05) is 6.42 Å². The molecule has 0 aromatic carbocycles. The van der Waals surface area contributed by atoms with Crippen LogP contribution in [0.1, 0.15) is 18.3 Å². The number of hydrogen-bond donors (Lipinski definition) is 4. The molecule has 24 heavy (non-hydrogen) atoms. The number of anilines is 1. The van der Waals surface area contributed by atoms with Crippen LogP contribution in [0.25, 0.3) is 17.2 Å². The molecule has 0 bridgehead atoms. The lowest BCUT2D eigenvalue weighted by molar-refractivity contribution is -0.105. The highest BCUT2D eigenvalue weighted by atomic mass is 16.6. The molecular weight excluding hydrogens is 314 g/mol. The molecule has 2 aromatic rings. The number of rotatable bonds is 5. The lowest BCUT2D eigenvalue weighted by Crippen LogP contribution is -2.46. The summed E-state index contributed by atoms with van der Waals surface area (Å²) < 4.78 is 7.12. The molecule has 0 spiro atoms. The third-order valence-corrected chi connectivity index (χ3v) is 4.16. The van der Waals surface area contributed by atoms with Gasteiger partial charge in [-0.3, -0.25) is 4.57 Å². The van der Waals surface area contributed by atoms with Crippen LogP contribution >= 0.6 is 0 Å². The summed E-state index contributed by atoms with van der Waals surface area (Å²) in [6, 6.07) is 0. The monoisotopic (exact) mass is 333 g/mol. The Morgan fingerprint density at radius 3 is 2.79 bits per heavy atom. The molecule has 1 aliphatic heterocycles. The van der Waals surface area contributed by atoms with Crippen molar-refractivity contribution in [3.63, 3.8) is 0 Å². The van der Waals surface area contributed by atoms with Crippen molar-refractivity contribution in [2.45, 2.75) is 30.5 Å². The van der Waals surface area contributed by atoms with Crippen LogP contribution in [-0.4, -0.2) is 59.3 Å². The molecule has 3 unspecified atom stereocenters. The van der Waals surface area contributed by atoms with Gasteiger partial charge in [0.2, 0.25) is 5.95 Å². The van der Waals surface area contributed by atoms with Crippen LogP contribution in [-0.2, 0) is 4.74 Å². The van der Waals surface area contributed by atoms with E-state index in [2.05, 4.69) is 28.1 Å². The zero-order valence-electron chi connectivity index (χ0n) is 12.9. The molecule has 4 atom stereocenters. The van der Waals surface area contributed by atoms with Gasteiger partial charge in [0.05, 0.1) is 18.6 Å². The fraction of sp³-hybridized carbons (Fsp3) is 0.400. The summed E-state index contributed by atoms with van der Waals surface area (Å²) in [6.45, 7) is 6.82. The van der Waals surface area contributed by atoms with Gasteiger partial charge in [0.1, 0.15) is 23.3 Å². The summed E-state index contributed by atoms with van der Waals surface area (Å²) in [7, 11) is 0. The van der Waals surface area contributed by atoms with E-state index < -0.39 is 30.6 Å². The zero-order valence-corrected chi connectivity index (χ0v) is 12.9. The first-order valence-corrected chi connectivity index (χ1v) is 7.36. The van der Waals surface area contributed by atoms with E-state index in [1.807, 2.05) is 0 Å². The van der Waals surface area contributed by atoms with Crippen molar-refractivity contribution in [1.82, 2.24) is 19.5 Å². The number of nitrogen functional groups attached to an aromatic ring is 1. The van der Waals surface area contributed by atoms with Crippen LogP contribution in [0, 0.1) is 0 Å². The second-order valence-electron chi connectivity index (χ2n) is 5.63. The molecule has 1 fully saturated rings. The maximum Gasteiger partial charge on any atom is 0.222 e. The van der Waals surface area contributed by atoms with E-state index in [9.17, 15) is 15.3 Å². The Kier molecular flexibility index (Phi) is 4.10. The van der Waals surface area contributed by atoms with Gasteiger partial charge < -0.3 is 25.8 Å². The Balaban J connectivity index is 2.16. The lowest BCUT2D eigenvalue weighted by Gasteiger charge is -2.30. The highest BCUT2D eigenvalue weighted by Crippen LogP contribution is 2.42. The molecule has 9 nitrogen and oxygen atoms in total.